The highest BCUT2D eigenvalue weighted by Crippen LogP contribution is 2.42. The van der Waals surface area contributed by atoms with Crippen molar-refractivity contribution in [2.45, 2.75) is 130 Å². The third-order valence-electron chi connectivity index (χ3n) is 11.1. The lowest BCUT2D eigenvalue weighted by Gasteiger charge is -2.35. The molecule has 7 nitrogen and oxygen atoms in total. The van der Waals surface area contributed by atoms with Gasteiger partial charge in [-0.3, -0.25) is 14.4 Å². The van der Waals surface area contributed by atoms with Crippen molar-refractivity contribution in [2.75, 3.05) is 0 Å². The number of aliphatic carboxylic acids is 1. The molecule has 274 valence electrons. The van der Waals surface area contributed by atoms with E-state index in [2.05, 4.69) is 39.1 Å². The number of carbonyl (C=O) groups is 3. The van der Waals surface area contributed by atoms with Gasteiger partial charge < -0.3 is 10.4 Å². The van der Waals surface area contributed by atoms with Gasteiger partial charge in [-0.15, -0.1) is 11.3 Å². The predicted octanol–water partition coefficient (Wildman–Crippen LogP) is 10.1. The molecule has 1 amide bonds. The molecule has 5 rings (SSSR count). The summed E-state index contributed by atoms with van der Waals surface area (Å²) in [4.78, 5) is 49.2. The van der Waals surface area contributed by atoms with E-state index in [-0.39, 0.29) is 17.6 Å². The van der Waals surface area contributed by atoms with Crippen molar-refractivity contribution in [2.24, 2.45) is 23.7 Å². The van der Waals surface area contributed by atoms with Gasteiger partial charge in [-0.05, 0) is 91.9 Å². The summed E-state index contributed by atoms with van der Waals surface area (Å²) in [6.07, 6.45) is 21.3. The lowest BCUT2D eigenvalue weighted by molar-refractivity contribution is -0.141. The molecule has 2 aromatic heterocycles. The van der Waals surface area contributed by atoms with Gasteiger partial charge in [0, 0.05) is 40.7 Å². The first-order valence-electron chi connectivity index (χ1n) is 19.2. The highest BCUT2D eigenvalue weighted by Gasteiger charge is 2.30. The van der Waals surface area contributed by atoms with Crippen LogP contribution in [0.2, 0.25) is 0 Å². The molecule has 0 bridgehead atoms. The Balaban J connectivity index is 1.18. The smallest absolute Gasteiger partial charge is 0.325 e. The summed E-state index contributed by atoms with van der Waals surface area (Å²) in [6.45, 7) is 10.0. The molecule has 1 saturated carbocycles. The number of thiophene rings is 1. The fraction of sp³-hybridized carbons (Fsp3) is 0.558. The molecular formula is C43H57N3O4S. The van der Waals surface area contributed by atoms with Gasteiger partial charge in [-0.2, -0.15) is 0 Å². The van der Waals surface area contributed by atoms with Crippen molar-refractivity contribution in [3.05, 3.63) is 75.7 Å². The average Bonchev–Trinajstić information content (AvgIpc) is 3.64. The minimum atomic E-state index is -1.12. The maximum absolute atomic E-state index is 13.3. The number of ketones is 1. The number of benzene rings is 1. The summed E-state index contributed by atoms with van der Waals surface area (Å²) in [5.74, 6) is 0.902. The molecule has 3 aromatic rings. The molecule has 1 aromatic carbocycles. The standard InChI is InChI=1S/C43H57N3O4S/c1-6-7-8-9-29-10-14-31(15-11-29)32-18-20-33(21-19-32)36-26-44-40(45-27-36)34-16-12-30(13-17-34)24-35(41(48)46-28(2)42(49)50)25-37(47)38-22-23-39(51-38)43(3,4)5/h12-13,16-17,20,22-23,26-29,31-32,35H,6-11,14-15,18-19,21,24-25H2,1-5H3,(H,46,48)(H,49,50)/t28-,29?,31?,32?,35-/m1/s1. The Kier molecular flexibility index (Phi) is 13.4. The number of unbranched alkanes of at least 4 members (excludes halogenated alkanes) is 2. The van der Waals surface area contributed by atoms with Crippen LogP contribution in [-0.4, -0.2) is 38.8 Å². The molecule has 2 heterocycles. The quantitative estimate of drug-likeness (QED) is 0.120. The van der Waals surface area contributed by atoms with E-state index in [4.69, 9.17) is 9.97 Å². The second-order valence-corrected chi connectivity index (χ2v) is 17.1. The average molecular weight is 712 g/mol. The van der Waals surface area contributed by atoms with E-state index in [1.165, 1.54) is 81.6 Å². The number of nitrogens with zero attached hydrogens (tertiary/aromatic N) is 2. The fourth-order valence-electron chi connectivity index (χ4n) is 7.76. The number of Topliss-reactive ketones (excluding diaryl/α,β-unsaturated/α-hetero) is 1. The van der Waals surface area contributed by atoms with E-state index in [0.717, 1.165) is 52.2 Å². The maximum Gasteiger partial charge on any atom is 0.325 e. The topological polar surface area (TPSA) is 109 Å². The van der Waals surface area contributed by atoms with Gasteiger partial charge in [0.05, 0.1) is 4.88 Å². The number of allylic oxidation sites excluding steroid dienone is 2. The lowest BCUT2D eigenvalue weighted by Crippen LogP contribution is -2.42. The first-order valence-corrected chi connectivity index (χ1v) is 20.0. The molecule has 0 aliphatic heterocycles. The largest absolute Gasteiger partial charge is 0.480 e. The zero-order valence-electron chi connectivity index (χ0n) is 31.2. The number of rotatable bonds is 15. The predicted molar refractivity (Wildman–Crippen MR) is 207 cm³/mol. The highest BCUT2D eigenvalue weighted by atomic mass is 32.1. The Hall–Kier alpha value is -3.65. The Morgan fingerprint density at radius 3 is 2.22 bits per heavy atom. The molecule has 2 aliphatic carbocycles. The third-order valence-corrected chi connectivity index (χ3v) is 12.6. The number of carboxylic acid groups (broad SMARTS) is 1. The van der Waals surface area contributed by atoms with Gasteiger partial charge in [0.15, 0.2) is 11.6 Å². The summed E-state index contributed by atoms with van der Waals surface area (Å²) in [5.41, 5.74) is 4.13. The Labute approximate surface area is 308 Å². The molecule has 0 saturated heterocycles. The van der Waals surface area contributed by atoms with Crippen molar-refractivity contribution < 1.29 is 19.5 Å². The molecule has 1 unspecified atom stereocenters. The molecule has 2 N–H and O–H groups in total. The molecule has 8 heteroatoms. The van der Waals surface area contributed by atoms with Gasteiger partial charge in [0.2, 0.25) is 5.91 Å². The van der Waals surface area contributed by atoms with Crippen molar-refractivity contribution in [3.8, 4) is 11.4 Å². The molecule has 2 aliphatic rings. The second kappa shape index (κ2) is 17.7. The number of carbonyl (C=O) groups excluding carboxylic acids is 2. The highest BCUT2D eigenvalue weighted by molar-refractivity contribution is 7.14. The van der Waals surface area contributed by atoms with Crippen LogP contribution in [0.5, 0.6) is 0 Å². The van der Waals surface area contributed by atoms with Crippen LogP contribution in [0, 0.1) is 23.7 Å². The molecule has 1 fully saturated rings. The summed E-state index contributed by atoms with van der Waals surface area (Å²) < 4.78 is 0. The van der Waals surface area contributed by atoms with Crippen LogP contribution in [0.3, 0.4) is 0 Å². The van der Waals surface area contributed by atoms with E-state index >= 15 is 0 Å². The number of nitrogens with one attached hydrogen (secondary N) is 1. The first-order chi connectivity index (χ1) is 24.4. The monoisotopic (exact) mass is 711 g/mol. The van der Waals surface area contributed by atoms with Crippen LogP contribution in [0.1, 0.15) is 137 Å². The Bertz CT molecular complexity index is 1650. The fourth-order valence-corrected chi connectivity index (χ4v) is 8.77. The molecule has 3 atom stereocenters. The van der Waals surface area contributed by atoms with Gasteiger partial charge in [-0.1, -0.05) is 96.6 Å². The van der Waals surface area contributed by atoms with Gasteiger partial charge in [0.25, 0.3) is 0 Å². The van der Waals surface area contributed by atoms with Crippen LogP contribution < -0.4 is 5.32 Å². The van der Waals surface area contributed by atoms with Crippen molar-refractivity contribution in [1.29, 1.82) is 0 Å². The van der Waals surface area contributed by atoms with E-state index in [1.54, 1.807) is 0 Å². The number of hydrogen-bond acceptors (Lipinski definition) is 6. The van der Waals surface area contributed by atoms with Crippen LogP contribution in [0.15, 0.2) is 54.9 Å². The van der Waals surface area contributed by atoms with E-state index in [0.29, 0.717) is 17.1 Å². The van der Waals surface area contributed by atoms with E-state index < -0.39 is 23.8 Å². The first kappa shape index (κ1) is 38.6. The van der Waals surface area contributed by atoms with Crippen LogP contribution in [-0.2, 0) is 21.4 Å². The zero-order chi connectivity index (χ0) is 36.5. The third kappa shape index (κ3) is 10.7. The molecule has 0 spiro atoms. The number of aromatic nitrogens is 2. The summed E-state index contributed by atoms with van der Waals surface area (Å²) >= 11 is 1.45. The number of carboxylic acids is 1. The van der Waals surface area contributed by atoms with Gasteiger partial charge in [0.1, 0.15) is 6.04 Å². The summed E-state index contributed by atoms with van der Waals surface area (Å²) in [5, 5.41) is 11.9. The normalized spacial score (nSPS) is 20.6. The van der Waals surface area contributed by atoms with Crippen LogP contribution >= 0.6 is 11.3 Å². The van der Waals surface area contributed by atoms with E-state index in [1.807, 2.05) is 48.8 Å². The zero-order valence-corrected chi connectivity index (χ0v) is 32.1. The van der Waals surface area contributed by atoms with Crippen molar-refractivity contribution in [3.63, 3.8) is 0 Å². The lowest BCUT2D eigenvalue weighted by atomic mass is 9.70. The molecule has 51 heavy (non-hydrogen) atoms. The molecular weight excluding hydrogens is 655 g/mol. The maximum atomic E-state index is 13.3. The Morgan fingerprint density at radius 1 is 0.922 bits per heavy atom. The van der Waals surface area contributed by atoms with Gasteiger partial charge >= 0.3 is 5.97 Å². The van der Waals surface area contributed by atoms with Crippen molar-refractivity contribution in [1.82, 2.24) is 15.3 Å². The Morgan fingerprint density at radius 2 is 1.63 bits per heavy atom. The minimum absolute atomic E-state index is 0.00849. The second-order valence-electron chi connectivity index (χ2n) is 16.0. The summed E-state index contributed by atoms with van der Waals surface area (Å²) in [7, 11) is 0. The van der Waals surface area contributed by atoms with Crippen LogP contribution in [0.4, 0.5) is 0 Å². The SMILES string of the molecule is CCCCCC1CCC(C2CC=C(c3cnc(-c4ccc(C[C@H](CC(=O)c5ccc(C(C)(C)C)s5)C(=O)N[C@H](C)C(=O)O)cc4)nc3)CC2)CC1. The minimum Gasteiger partial charge on any atom is -0.480 e. The van der Waals surface area contributed by atoms with Gasteiger partial charge in [-0.25, -0.2) is 9.97 Å². The molecule has 0 radical (unpaired) electrons. The number of hydrogen-bond donors (Lipinski definition) is 2. The van der Waals surface area contributed by atoms with Crippen LogP contribution in [0.25, 0.3) is 17.0 Å². The van der Waals surface area contributed by atoms with E-state index in [9.17, 15) is 19.5 Å². The number of amides is 1. The van der Waals surface area contributed by atoms with Crippen molar-refractivity contribution >= 4 is 34.6 Å². The summed E-state index contributed by atoms with van der Waals surface area (Å²) in [6, 6.07) is 10.5.